The third-order valence-corrected chi connectivity index (χ3v) is 4.48. The molecule has 0 heterocycles. The molecule has 0 spiro atoms. The molecule has 0 unspecified atom stereocenters. The molecular formula is C16H20N2O2S. The van der Waals surface area contributed by atoms with Gasteiger partial charge in [0.15, 0.2) is 0 Å². The molecule has 0 atom stereocenters. The van der Waals surface area contributed by atoms with Gasteiger partial charge < -0.3 is 5.73 Å². The zero-order chi connectivity index (χ0) is 15.5. The van der Waals surface area contributed by atoms with Gasteiger partial charge in [-0.15, -0.1) is 0 Å². The van der Waals surface area contributed by atoms with Gasteiger partial charge in [0.05, 0.1) is 11.4 Å². The molecule has 0 fully saturated rings. The first kappa shape index (κ1) is 15.5. The van der Waals surface area contributed by atoms with Gasteiger partial charge in [0.1, 0.15) is 0 Å². The molecule has 0 saturated carbocycles. The molecule has 2 aromatic rings. The fourth-order valence-electron chi connectivity index (χ4n) is 2.20. The van der Waals surface area contributed by atoms with Crippen LogP contribution < -0.4 is 10.5 Å². The Morgan fingerprint density at radius 1 is 1.05 bits per heavy atom. The largest absolute Gasteiger partial charge is 0.326 e. The van der Waals surface area contributed by atoms with Gasteiger partial charge in [0.2, 0.25) is 10.0 Å². The van der Waals surface area contributed by atoms with Crippen LogP contribution in [0.4, 0.5) is 5.69 Å². The summed E-state index contributed by atoms with van der Waals surface area (Å²) in [5.74, 6) is -0.0614. The number of nitrogens with one attached hydrogen (secondary N) is 1. The minimum absolute atomic E-state index is 0.0614. The van der Waals surface area contributed by atoms with Crippen molar-refractivity contribution >= 4 is 15.7 Å². The summed E-state index contributed by atoms with van der Waals surface area (Å²) in [6.07, 6.45) is 0. The SMILES string of the molecule is Cc1ccc(NS(=O)(=O)Cc2cccc(CN)c2)c(C)c1. The fraction of sp³-hybridized carbons (Fsp3) is 0.250. The van der Waals surface area contributed by atoms with Crippen LogP contribution in [0.5, 0.6) is 0 Å². The van der Waals surface area contributed by atoms with Crippen molar-refractivity contribution < 1.29 is 8.42 Å². The van der Waals surface area contributed by atoms with E-state index >= 15 is 0 Å². The van der Waals surface area contributed by atoms with Crippen LogP contribution in [0, 0.1) is 13.8 Å². The van der Waals surface area contributed by atoms with Crippen molar-refractivity contribution in [3.63, 3.8) is 0 Å². The van der Waals surface area contributed by atoms with Crippen molar-refractivity contribution in [3.8, 4) is 0 Å². The lowest BCUT2D eigenvalue weighted by molar-refractivity contribution is 0.600. The minimum atomic E-state index is -3.44. The van der Waals surface area contributed by atoms with Crippen molar-refractivity contribution in [1.82, 2.24) is 0 Å². The Balaban J connectivity index is 2.18. The van der Waals surface area contributed by atoms with Crippen molar-refractivity contribution in [2.45, 2.75) is 26.1 Å². The molecule has 0 aliphatic rings. The highest BCUT2D eigenvalue weighted by atomic mass is 32.2. The summed E-state index contributed by atoms with van der Waals surface area (Å²) in [5, 5.41) is 0. The molecule has 0 saturated heterocycles. The van der Waals surface area contributed by atoms with Crippen LogP contribution in [0.1, 0.15) is 22.3 Å². The summed E-state index contributed by atoms with van der Waals surface area (Å²) in [4.78, 5) is 0. The normalized spacial score (nSPS) is 11.4. The number of sulfonamides is 1. The van der Waals surface area contributed by atoms with Crippen LogP contribution in [-0.2, 0) is 22.3 Å². The number of rotatable bonds is 5. The highest BCUT2D eigenvalue weighted by molar-refractivity contribution is 7.91. The quantitative estimate of drug-likeness (QED) is 0.892. The van der Waals surface area contributed by atoms with E-state index in [-0.39, 0.29) is 5.75 Å². The summed E-state index contributed by atoms with van der Waals surface area (Å²) in [6.45, 7) is 4.27. The lowest BCUT2D eigenvalue weighted by atomic mass is 10.1. The maximum Gasteiger partial charge on any atom is 0.236 e. The predicted octanol–water partition coefficient (Wildman–Crippen LogP) is 2.70. The molecule has 0 aliphatic heterocycles. The minimum Gasteiger partial charge on any atom is -0.326 e. The number of nitrogens with two attached hydrogens (primary N) is 1. The second-order valence-corrected chi connectivity index (χ2v) is 6.93. The van der Waals surface area contributed by atoms with Gasteiger partial charge in [-0.2, -0.15) is 0 Å². The molecule has 0 aliphatic carbocycles. The average Bonchev–Trinajstić information content (AvgIpc) is 2.41. The smallest absolute Gasteiger partial charge is 0.236 e. The Labute approximate surface area is 126 Å². The van der Waals surface area contributed by atoms with Crippen LogP contribution >= 0.6 is 0 Å². The number of benzene rings is 2. The molecule has 3 N–H and O–H groups in total. The third-order valence-electron chi connectivity index (χ3n) is 3.23. The second kappa shape index (κ2) is 6.28. The van der Waals surface area contributed by atoms with Gasteiger partial charge in [-0.1, -0.05) is 42.0 Å². The maximum absolute atomic E-state index is 12.3. The molecule has 21 heavy (non-hydrogen) atoms. The Morgan fingerprint density at radius 3 is 2.43 bits per heavy atom. The first-order valence-electron chi connectivity index (χ1n) is 6.75. The van der Waals surface area contributed by atoms with Gasteiger partial charge >= 0.3 is 0 Å². The van der Waals surface area contributed by atoms with E-state index in [0.29, 0.717) is 12.2 Å². The summed E-state index contributed by atoms with van der Waals surface area (Å²) in [5.41, 5.74) is 9.87. The molecule has 0 aromatic heterocycles. The Morgan fingerprint density at radius 2 is 1.76 bits per heavy atom. The van der Waals surface area contributed by atoms with E-state index < -0.39 is 10.0 Å². The summed E-state index contributed by atoms with van der Waals surface area (Å²) < 4.78 is 27.2. The first-order valence-corrected chi connectivity index (χ1v) is 8.40. The molecule has 5 heteroatoms. The van der Waals surface area contributed by atoms with Crippen LogP contribution in [0.25, 0.3) is 0 Å². The van der Waals surface area contributed by atoms with Crippen LogP contribution in [0.15, 0.2) is 42.5 Å². The zero-order valence-corrected chi connectivity index (χ0v) is 13.1. The van der Waals surface area contributed by atoms with Gasteiger partial charge in [-0.05, 0) is 36.6 Å². The maximum atomic E-state index is 12.3. The highest BCUT2D eigenvalue weighted by Gasteiger charge is 2.13. The van der Waals surface area contributed by atoms with E-state index in [0.717, 1.165) is 22.3 Å². The Kier molecular flexibility index (Phi) is 4.65. The van der Waals surface area contributed by atoms with Crippen molar-refractivity contribution in [3.05, 3.63) is 64.7 Å². The average molecular weight is 304 g/mol. The highest BCUT2D eigenvalue weighted by Crippen LogP contribution is 2.19. The van der Waals surface area contributed by atoms with E-state index in [1.54, 1.807) is 12.1 Å². The molecule has 0 radical (unpaired) electrons. The van der Waals surface area contributed by atoms with Gasteiger partial charge in [0.25, 0.3) is 0 Å². The molecular weight excluding hydrogens is 284 g/mol. The van der Waals surface area contributed by atoms with E-state index in [2.05, 4.69) is 4.72 Å². The van der Waals surface area contributed by atoms with Crippen molar-refractivity contribution in [1.29, 1.82) is 0 Å². The van der Waals surface area contributed by atoms with E-state index in [4.69, 9.17) is 5.73 Å². The van der Waals surface area contributed by atoms with Gasteiger partial charge in [-0.25, -0.2) is 8.42 Å². The summed E-state index contributed by atoms with van der Waals surface area (Å²) >= 11 is 0. The van der Waals surface area contributed by atoms with E-state index in [1.807, 2.05) is 44.2 Å². The zero-order valence-electron chi connectivity index (χ0n) is 12.3. The van der Waals surface area contributed by atoms with Crippen molar-refractivity contribution in [2.24, 2.45) is 5.73 Å². The Bertz CT molecular complexity index is 740. The van der Waals surface area contributed by atoms with Crippen molar-refractivity contribution in [2.75, 3.05) is 4.72 Å². The number of hydrogen-bond donors (Lipinski definition) is 2. The summed E-state index contributed by atoms with van der Waals surface area (Å²) in [7, 11) is -3.44. The number of anilines is 1. The van der Waals surface area contributed by atoms with Crippen LogP contribution in [0.3, 0.4) is 0 Å². The number of hydrogen-bond acceptors (Lipinski definition) is 3. The molecule has 2 aromatic carbocycles. The number of aryl methyl sites for hydroxylation is 2. The second-order valence-electron chi connectivity index (χ2n) is 5.20. The topological polar surface area (TPSA) is 72.2 Å². The third kappa shape index (κ3) is 4.31. The van der Waals surface area contributed by atoms with Gasteiger partial charge in [0, 0.05) is 6.54 Å². The standard InChI is InChI=1S/C16H20N2O2S/c1-12-6-7-16(13(2)8-12)18-21(19,20)11-15-5-3-4-14(9-15)10-17/h3-9,18H,10-11,17H2,1-2H3. The summed E-state index contributed by atoms with van der Waals surface area (Å²) in [6, 6.07) is 12.9. The predicted molar refractivity (Wildman–Crippen MR) is 86.5 cm³/mol. The molecule has 4 nitrogen and oxygen atoms in total. The van der Waals surface area contributed by atoms with E-state index in [9.17, 15) is 8.42 Å². The fourth-order valence-corrected chi connectivity index (χ4v) is 3.45. The van der Waals surface area contributed by atoms with Crippen LogP contribution in [-0.4, -0.2) is 8.42 Å². The molecule has 2 rings (SSSR count). The molecule has 0 bridgehead atoms. The first-order chi connectivity index (χ1) is 9.89. The monoisotopic (exact) mass is 304 g/mol. The van der Waals surface area contributed by atoms with Gasteiger partial charge in [-0.3, -0.25) is 4.72 Å². The molecule has 0 amide bonds. The lowest BCUT2D eigenvalue weighted by Crippen LogP contribution is -2.16. The lowest BCUT2D eigenvalue weighted by Gasteiger charge is -2.11. The molecule has 112 valence electrons. The Hall–Kier alpha value is -1.85. The van der Waals surface area contributed by atoms with E-state index in [1.165, 1.54) is 0 Å². The van der Waals surface area contributed by atoms with Crippen LogP contribution in [0.2, 0.25) is 0 Å².